The monoisotopic (exact) mass is 228 g/mol. The average Bonchev–Trinajstić information content (AvgIpc) is 2.76. The Morgan fingerprint density at radius 1 is 1.44 bits per heavy atom. The molecule has 16 heavy (non-hydrogen) atoms. The Hall–Kier alpha value is -0.940. The topological polar surface area (TPSA) is 92.4 Å². The summed E-state index contributed by atoms with van der Waals surface area (Å²) in [6.07, 6.45) is 3.59. The van der Waals surface area contributed by atoms with Crippen LogP contribution >= 0.6 is 0 Å². The van der Waals surface area contributed by atoms with Gasteiger partial charge >= 0.3 is 5.97 Å². The van der Waals surface area contributed by atoms with Gasteiger partial charge in [0.25, 0.3) is 0 Å². The first-order valence-corrected chi connectivity index (χ1v) is 5.86. The molecule has 5 nitrogen and oxygen atoms in total. The van der Waals surface area contributed by atoms with Crippen LogP contribution in [0.15, 0.2) is 0 Å². The Morgan fingerprint density at radius 3 is 2.69 bits per heavy atom. The van der Waals surface area contributed by atoms with Crippen LogP contribution < -0.4 is 11.1 Å². The summed E-state index contributed by atoms with van der Waals surface area (Å²) >= 11 is 0. The number of hydrogen-bond donors (Lipinski definition) is 3. The van der Waals surface area contributed by atoms with Crippen LogP contribution in [0, 0.1) is 5.92 Å². The van der Waals surface area contributed by atoms with Crippen LogP contribution in [-0.2, 0) is 9.59 Å². The van der Waals surface area contributed by atoms with E-state index in [2.05, 4.69) is 5.32 Å². The number of nitrogens with one attached hydrogen (secondary N) is 1. The van der Waals surface area contributed by atoms with E-state index < -0.39 is 11.9 Å². The quantitative estimate of drug-likeness (QED) is 0.425. The van der Waals surface area contributed by atoms with Crippen molar-refractivity contribution in [1.82, 2.24) is 5.32 Å². The summed E-state index contributed by atoms with van der Waals surface area (Å²) in [5.74, 6) is -2.03. The normalized spacial score (nSPS) is 21.9. The Morgan fingerprint density at radius 2 is 2.19 bits per heavy atom. The van der Waals surface area contributed by atoms with Gasteiger partial charge in [0.15, 0.2) is 5.78 Å². The molecule has 92 valence electrons. The molecular formula is C11H20N2O3. The van der Waals surface area contributed by atoms with E-state index >= 15 is 0 Å². The zero-order chi connectivity index (χ0) is 12.0. The minimum atomic E-state index is -1.00. The largest absolute Gasteiger partial charge is 0.481 e. The highest BCUT2D eigenvalue weighted by atomic mass is 16.4. The van der Waals surface area contributed by atoms with E-state index in [4.69, 9.17) is 10.8 Å². The maximum absolute atomic E-state index is 11.9. The van der Waals surface area contributed by atoms with E-state index in [0.29, 0.717) is 19.4 Å². The minimum absolute atomic E-state index is 0.165. The standard InChI is InChI=1S/C11H20N2O3/c12-6-2-1-4-8(11(15)16)10(14)9-5-3-7-13-9/h8-9,13H,1-7,12H2,(H,15,16)/t8?,9-/m0/s1. The minimum Gasteiger partial charge on any atom is -0.481 e. The lowest BCUT2D eigenvalue weighted by atomic mass is 9.92. The van der Waals surface area contributed by atoms with Gasteiger partial charge in [-0.1, -0.05) is 6.42 Å². The van der Waals surface area contributed by atoms with Gasteiger partial charge < -0.3 is 16.2 Å². The maximum Gasteiger partial charge on any atom is 0.314 e. The molecule has 2 atom stereocenters. The molecule has 1 unspecified atom stereocenters. The predicted octanol–water partition coefficient (Wildman–Crippen LogP) is 0.137. The molecule has 1 aliphatic heterocycles. The van der Waals surface area contributed by atoms with Crippen molar-refractivity contribution in [3.05, 3.63) is 0 Å². The van der Waals surface area contributed by atoms with Crippen molar-refractivity contribution in [1.29, 1.82) is 0 Å². The van der Waals surface area contributed by atoms with Crippen LogP contribution in [0.25, 0.3) is 0 Å². The van der Waals surface area contributed by atoms with Crippen molar-refractivity contribution < 1.29 is 14.7 Å². The van der Waals surface area contributed by atoms with Gasteiger partial charge in [-0.25, -0.2) is 0 Å². The van der Waals surface area contributed by atoms with Gasteiger partial charge in [0.05, 0.1) is 6.04 Å². The Balaban J connectivity index is 2.47. The highest BCUT2D eigenvalue weighted by molar-refractivity contribution is 6.01. The molecule has 0 amide bonds. The molecule has 5 heteroatoms. The van der Waals surface area contributed by atoms with Crippen LogP contribution in [0.4, 0.5) is 0 Å². The van der Waals surface area contributed by atoms with E-state index in [1.165, 1.54) is 0 Å². The summed E-state index contributed by atoms with van der Waals surface area (Å²) < 4.78 is 0. The molecule has 1 heterocycles. The number of unbranched alkanes of at least 4 members (excludes halogenated alkanes) is 1. The molecule has 0 aromatic heterocycles. The van der Waals surface area contributed by atoms with Crippen molar-refractivity contribution >= 4 is 11.8 Å². The smallest absolute Gasteiger partial charge is 0.314 e. The number of carboxylic acids is 1. The lowest BCUT2D eigenvalue weighted by molar-refractivity contribution is -0.147. The van der Waals surface area contributed by atoms with Gasteiger partial charge in [0.1, 0.15) is 5.92 Å². The summed E-state index contributed by atoms with van der Waals surface area (Å²) in [7, 11) is 0. The molecular weight excluding hydrogens is 208 g/mol. The third-order valence-corrected chi connectivity index (χ3v) is 2.99. The SMILES string of the molecule is NCCCCC(C(=O)O)C(=O)[C@@H]1CCCN1. The molecule has 1 rings (SSSR count). The summed E-state index contributed by atoms with van der Waals surface area (Å²) in [5.41, 5.74) is 5.34. The first-order chi connectivity index (χ1) is 7.66. The number of aliphatic carboxylic acids is 1. The number of carbonyl (C=O) groups excluding carboxylic acids is 1. The molecule has 0 radical (unpaired) electrons. The van der Waals surface area contributed by atoms with E-state index in [1.807, 2.05) is 0 Å². The second kappa shape index (κ2) is 6.60. The molecule has 1 saturated heterocycles. The molecule has 0 aromatic rings. The molecule has 4 N–H and O–H groups in total. The van der Waals surface area contributed by atoms with Crippen molar-refractivity contribution in [2.75, 3.05) is 13.1 Å². The second-order valence-corrected chi connectivity index (χ2v) is 4.23. The van der Waals surface area contributed by atoms with Gasteiger partial charge in [-0.15, -0.1) is 0 Å². The first-order valence-electron chi connectivity index (χ1n) is 5.86. The third kappa shape index (κ3) is 3.57. The zero-order valence-electron chi connectivity index (χ0n) is 9.45. The fourth-order valence-corrected chi connectivity index (χ4v) is 2.05. The Labute approximate surface area is 95.4 Å². The number of rotatable bonds is 7. The number of ketones is 1. The molecule has 0 saturated carbocycles. The average molecular weight is 228 g/mol. The zero-order valence-corrected chi connectivity index (χ0v) is 9.45. The Bertz CT molecular complexity index is 250. The number of Topliss-reactive ketones (excluding diaryl/α,β-unsaturated/α-hetero) is 1. The van der Waals surface area contributed by atoms with E-state index in [0.717, 1.165) is 25.8 Å². The van der Waals surface area contributed by atoms with Crippen molar-refractivity contribution in [2.24, 2.45) is 11.7 Å². The number of carboxylic acid groups (broad SMARTS) is 1. The van der Waals surface area contributed by atoms with Crippen LogP contribution in [0.1, 0.15) is 32.1 Å². The van der Waals surface area contributed by atoms with E-state index in [9.17, 15) is 9.59 Å². The second-order valence-electron chi connectivity index (χ2n) is 4.23. The van der Waals surface area contributed by atoms with E-state index in [1.54, 1.807) is 0 Å². The first kappa shape index (κ1) is 13.1. The summed E-state index contributed by atoms with van der Waals surface area (Å²) in [4.78, 5) is 22.9. The van der Waals surface area contributed by atoms with Gasteiger partial charge in [-0.05, 0) is 38.8 Å². The summed E-state index contributed by atoms with van der Waals surface area (Å²) in [6, 6.07) is -0.251. The van der Waals surface area contributed by atoms with E-state index in [-0.39, 0.29) is 11.8 Å². The molecule has 0 spiro atoms. The van der Waals surface area contributed by atoms with Crippen molar-refractivity contribution in [3.63, 3.8) is 0 Å². The molecule has 0 aliphatic carbocycles. The third-order valence-electron chi connectivity index (χ3n) is 2.99. The van der Waals surface area contributed by atoms with Gasteiger partial charge in [0, 0.05) is 0 Å². The van der Waals surface area contributed by atoms with Crippen molar-refractivity contribution in [3.8, 4) is 0 Å². The van der Waals surface area contributed by atoms with Gasteiger partial charge in [0.2, 0.25) is 0 Å². The van der Waals surface area contributed by atoms with Crippen LogP contribution in [-0.4, -0.2) is 36.0 Å². The predicted molar refractivity (Wildman–Crippen MR) is 60.1 cm³/mol. The lowest BCUT2D eigenvalue weighted by Crippen LogP contribution is -2.38. The van der Waals surface area contributed by atoms with Crippen LogP contribution in [0.3, 0.4) is 0 Å². The fraction of sp³-hybridized carbons (Fsp3) is 0.818. The number of carbonyl (C=O) groups is 2. The van der Waals surface area contributed by atoms with Crippen LogP contribution in [0.2, 0.25) is 0 Å². The molecule has 0 bridgehead atoms. The highest BCUT2D eigenvalue weighted by Crippen LogP contribution is 2.16. The highest BCUT2D eigenvalue weighted by Gasteiger charge is 2.32. The Kier molecular flexibility index (Phi) is 5.42. The fourth-order valence-electron chi connectivity index (χ4n) is 2.05. The molecule has 0 aromatic carbocycles. The maximum atomic E-state index is 11.9. The summed E-state index contributed by atoms with van der Waals surface area (Å²) in [6.45, 7) is 1.35. The van der Waals surface area contributed by atoms with Gasteiger partial charge in [-0.3, -0.25) is 9.59 Å². The number of nitrogens with two attached hydrogens (primary N) is 1. The van der Waals surface area contributed by atoms with Crippen LogP contribution in [0.5, 0.6) is 0 Å². The summed E-state index contributed by atoms with van der Waals surface area (Å²) in [5, 5.41) is 12.1. The van der Waals surface area contributed by atoms with Gasteiger partial charge in [-0.2, -0.15) is 0 Å². The molecule has 1 aliphatic rings. The lowest BCUT2D eigenvalue weighted by Gasteiger charge is -2.15. The van der Waals surface area contributed by atoms with Crippen molar-refractivity contribution in [2.45, 2.75) is 38.1 Å². The molecule has 1 fully saturated rings. The number of hydrogen-bond acceptors (Lipinski definition) is 4.